The Kier molecular flexibility index (Phi) is 5.41. The third-order valence-electron chi connectivity index (χ3n) is 4.46. The molecule has 1 aliphatic rings. The van der Waals surface area contributed by atoms with Crippen LogP contribution in [0, 0.1) is 19.8 Å². The lowest BCUT2D eigenvalue weighted by Gasteiger charge is -2.21. The molecule has 2 aromatic carbocycles. The zero-order valence-corrected chi connectivity index (χ0v) is 15.0. The van der Waals surface area contributed by atoms with Gasteiger partial charge in [0, 0.05) is 12.2 Å². The predicted octanol–water partition coefficient (Wildman–Crippen LogP) is 4.18. The quantitative estimate of drug-likeness (QED) is 0.640. The summed E-state index contributed by atoms with van der Waals surface area (Å²) in [6, 6.07) is 13.2. The molecule has 0 aromatic heterocycles. The highest BCUT2D eigenvalue weighted by atomic mass is 16.2. The number of amides is 2. The lowest BCUT2D eigenvalue weighted by Crippen LogP contribution is -2.42. The molecule has 6 nitrogen and oxygen atoms in total. The van der Waals surface area contributed by atoms with Crippen LogP contribution < -0.4 is 10.6 Å². The molecule has 1 saturated heterocycles. The molecule has 3 rings (SSSR count). The minimum atomic E-state index is -0.622. The average Bonchev–Trinajstić information content (AvgIpc) is 2.63. The van der Waals surface area contributed by atoms with Gasteiger partial charge < -0.3 is 10.6 Å². The molecule has 1 atom stereocenters. The van der Waals surface area contributed by atoms with Crippen LogP contribution in [-0.2, 0) is 9.59 Å². The van der Waals surface area contributed by atoms with E-state index < -0.39 is 5.92 Å². The van der Waals surface area contributed by atoms with Gasteiger partial charge in [-0.3, -0.25) is 9.59 Å². The summed E-state index contributed by atoms with van der Waals surface area (Å²) in [5, 5.41) is 14.1. The number of piperidine rings is 1. The summed E-state index contributed by atoms with van der Waals surface area (Å²) in [6.07, 6.45) is 1.40. The molecule has 2 amide bonds. The lowest BCUT2D eigenvalue weighted by atomic mass is 9.97. The molecule has 0 bridgehead atoms. The summed E-state index contributed by atoms with van der Waals surface area (Å²) in [5.74, 6) is -1.08. The number of nitrogens with one attached hydrogen (secondary N) is 2. The number of carbonyl (C=O) groups is 2. The van der Waals surface area contributed by atoms with Crippen molar-refractivity contribution in [2.45, 2.75) is 26.7 Å². The van der Waals surface area contributed by atoms with E-state index in [4.69, 9.17) is 0 Å². The molecule has 1 aliphatic heterocycles. The molecular formula is C20H22N4O2. The van der Waals surface area contributed by atoms with Gasteiger partial charge in [-0.25, -0.2) is 0 Å². The van der Waals surface area contributed by atoms with E-state index in [1.54, 1.807) is 12.1 Å². The molecule has 0 radical (unpaired) electrons. The van der Waals surface area contributed by atoms with E-state index in [1.807, 2.05) is 44.2 Å². The fourth-order valence-corrected chi connectivity index (χ4v) is 2.88. The van der Waals surface area contributed by atoms with Crippen LogP contribution in [0.15, 0.2) is 52.7 Å². The van der Waals surface area contributed by atoms with Gasteiger partial charge in [-0.1, -0.05) is 18.2 Å². The number of aryl methyl sites for hydroxylation is 2. The second kappa shape index (κ2) is 7.91. The van der Waals surface area contributed by atoms with Gasteiger partial charge in [-0.05, 0) is 62.1 Å². The highest BCUT2D eigenvalue weighted by Crippen LogP contribution is 2.26. The number of nitrogens with zero attached hydrogens (tertiary/aromatic N) is 2. The van der Waals surface area contributed by atoms with Gasteiger partial charge in [0.1, 0.15) is 5.92 Å². The van der Waals surface area contributed by atoms with Crippen molar-refractivity contribution in [2.75, 3.05) is 11.9 Å². The first-order chi connectivity index (χ1) is 12.5. The third-order valence-corrected chi connectivity index (χ3v) is 4.46. The van der Waals surface area contributed by atoms with Crippen LogP contribution in [0.3, 0.4) is 0 Å². The maximum Gasteiger partial charge on any atom is 0.236 e. The summed E-state index contributed by atoms with van der Waals surface area (Å²) >= 11 is 0. The van der Waals surface area contributed by atoms with Gasteiger partial charge >= 0.3 is 0 Å². The van der Waals surface area contributed by atoms with Gasteiger partial charge in [0.05, 0.1) is 11.4 Å². The summed E-state index contributed by atoms with van der Waals surface area (Å²) < 4.78 is 0. The molecule has 134 valence electrons. The van der Waals surface area contributed by atoms with E-state index in [9.17, 15) is 9.59 Å². The molecule has 2 N–H and O–H groups in total. The zero-order valence-electron chi connectivity index (χ0n) is 15.0. The molecule has 0 aliphatic carbocycles. The average molecular weight is 350 g/mol. The Morgan fingerprint density at radius 2 is 1.92 bits per heavy atom. The standard InChI is InChI=1S/C20H22N4O2/c1-13-6-3-4-8-18(13)24-23-15-9-10-17(14(2)12-15)22-20(26)16-7-5-11-21-19(16)25/h3-4,6,8-10,12,16H,5,7,11H2,1-2H3,(H,21,25)(H,22,26)/t16-/m0/s1. The first-order valence-corrected chi connectivity index (χ1v) is 8.71. The summed E-state index contributed by atoms with van der Waals surface area (Å²) in [4.78, 5) is 24.2. The van der Waals surface area contributed by atoms with Crippen molar-refractivity contribution in [3.63, 3.8) is 0 Å². The van der Waals surface area contributed by atoms with E-state index in [1.165, 1.54) is 0 Å². The molecule has 1 fully saturated rings. The fraction of sp³-hybridized carbons (Fsp3) is 0.300. The van der Waals surface area contributed by atoms with Gasteiger partial charge in [-0.15, -0.1) is 0 Å². The van der Waals surface area contributed by atoms with Gasteiger partial charge in [0.25, 0.3) is 0 Å². The Balaban J connectivity index is 1.70. The molecule has 2 aromatic rings. The Hall–Kier alpha value is -3.02. The Labute approximate surface area is 152 Å². The largest absolute Gasteiger partial charge is 0.355 e. The van der Waals surface area contributed by atoms with Crippen LogP contribution in [0.25, 0.3) is 0 Å². The van der Waals surface area contributed by atoms with Gasteiger partial charge in [0.15, 0.2) is 0 Å². The molecule has 0 unspecified atom stereocenters. The van der Waals surface area contributed by atoms with Crippen LogP contribution in [0.1, 0.15) is 24.0 Å². The van der Waals surface area contributed by atoms with Crippen molar-refractivity contribution in [3.8, 4) is 0 Å². The maximum absolute atomic E-state index is 12.3. The van der Waals surface area contributed by atoms with E-state index in [2.05, 4.69) is 20.9 Å². The van der Waals surface area contributed by atoms with Crippen molar-refractivity contribution in [1.29, 1.82) is 0 Å². The van der Waals surface area contributed by atoms with Crippen LogP contribution in [0.4, 0.5) is 17.1 Å². The Morgan fingerprint density at radius 3 is 2.65 bits per heavy atom. The first-order valence-electron chi connectivity index (χ1n) is 8.71. The molecular weight excluding hydrogens is 328 g/mol. The van der Waals surface area contributed by atoms with Crippen molar-refractivity contribution < 1.29 is 9.59 Å². The Morgan fingerprint density at radius 1 is 1.12 bits per heavy atom. The highest BCUT2D eigenvalue weighted by Gasteiger charge is 2.29. The first kappa shape index (κ1) is 17.8. The minimum Gasteiger partial charge on any atom is -0.355 e. The predicted molar refractivity (Wildman–Crippen MR) is 101 cm³/mol. The number of rotatable bonds is 4. The smallest absolute Gasteiger partial charge is 0.236 e. The number of benzene rings is 2. The SMILES string of the molecule is Cc1ccccc1N=Nc1ccc(NC(=O)[C@H]2CCCNC2=O)c(C)c1. The normalized spacial score (nSPS) is 17.2. The number of hydrogen-bond donors (Lipinski definition) is 2. The number of anilines is 1. The Bertz CT molecular complexity index is 861. The monoisotopic (exact) mass is 350 g/mol. The molecule has 26 heavy (non-hydrogen) atoms. The summed E-state index contributed by atoms with van der Waals surface area (Å²) in [7, 11) is 0. The molecule has 6 heteroatoms. The lowest BCUT2D eigenvalue weighted by molar-refractivity contribution is -0.134. The van der Waals surface area contributed by atoms with E-state index >= 15 is 0 Å². The number of hydrogen-bond acceptors (Lipinski definition) is 4. The van der Waals surface area contributed by atoms with Crippen molar-refractivity contribution in [1.82, 2.24) is 5.32 Å². The topological polar surface area (TPSA) is 82.9 Å². The highest BCUT2D eigenvalue weighted by molar-refractivity contribution is 6.07. The van der Waals surface area contributed by atoms with Crippen LogP contribution >= 0.6 is 0 Å². The van der Waals surface area contributed by atoms with E-state index in [0.717, 1.165) is 23.2 Å². The van der Waals surface area contributed by atoms with Crippen LogP contribution in [0.5, 0.6) is 0 Å². The van der Waals surface area contributed by atoms with E-state index in [-0.39, 0.29) is 11.8 Å². The van der Waals surface area contributed by atoms with Crippen molar-refractivity contribution >= 4 is 28.9 Å². The fourth-order valence-electron chi connectivity index (χ4n) is 2.88. The molecule has 1 heterocycles. The van der Waals surface area contributed by atoms with Crippen molar-refractivity contribution in [3.05, 3.63) is 53.6 Å². The number of carbonyl (C=O) groups excluding carboxylic acids is 2. The minimum absolute atomic E-state index is 0.199. The van der Waals surface area contributed by atoms with Gasteiger partial charge in [0.2, 0.25) is 11.8 Å². The zero-order chi connectivity index (χ0) is 18.5. The third kappa shape index (κ3) is 4.14. The molecule has 0 spiro atoms. The van der Waals surface area contributed by atoms with E-state index in [0.29, 0.717) is 24.3 Å². The second-order valence-corrected chi connectivity index (χ2v) is 6.46. The second-order valence-electron chi connectivity index (χ2n) is 6.46. The van der Waals surface area contributed by atoms with Crippen LogP contribution in [-0.4, -0.2) is 18.4 Å². The summed E-state index contributed by atoms with van der Waals surface area (Å²) in [6.45, 7) is 4.52. The molecule has 0 saturated carbocycles. The van der Waals surface area contributed by atoms with Crippen LogP contribution in [0.2, 0.25) is 0 Å². The summed E-state index contributed by atoms with van der Waals surface area (Å²) in [5.41, 5.74) is 4.15. The maximum atomic E-state index is 12.3. The van der Waals surface area contributed by atoms with Crippen molar-refractivity contribution in [2.24, 2.45) is 16.1 Å². The number of azo groups is 1. The van der Waals surface area contributed by atoms with Gasteiger partial charge in [-0.2, -0.15) is 10.2 Å².